The molecule has 3 aliphatic carbocycles. The van der Waals surface area contributed by atoms with Gasteiger partial charge in [-0.1, -0.05) is 43.7 Å². The minimum atomic E-state index is -1.07. The topological polar surface area (TPSA) is 181 Å². The summed E-state index contributed by atoms with van der Waals surface area (Å²) in [6.07, 6.45) is 8.88. The summed E-state index contributed by atoms with van der Waals surface area (Å²) < 4.78 is 41.5. The molecular weight excluding hydrogens is 949 g/mol. The molecule has 0 radical (unpaired) electrons. The van der Waals surface area contributed by atoms with Crippen molar-refractivity contribution in [1.29, 1.82) is 0 Å². The number of benzene rings is 5. The SMILES string of the molecule is CCc1cc(-c2cccc(O)c2)c(Cc2cc(OC3CCCC3)cc3c2OCC(C2C(CCCOC)Oc4c5cc(c6cc(O)ccc46)OCC#CC4CNC6(CCCC6)NC46CCC(O)CC6OC52)C3O)cc1O. The van der Waals surface area contributed by atoms with Crippen LogP contribution in [0.15, 0.2) is 72.8 Å². The number of aromatic hydroxyl groups is 3. The van der Waals surface area contributed by atoms with E-state index >= 15 is 0 Å². The van der Waals surface area contributed by atoms with Gasteiger partial charge >= 0.3 is 0 Å². The molecule has 0 amide bonds. The molecule has 4 aliphatic heterocycles. The molecule has 5 aromatic rings. The van der Waals surface area contributed by atoms with Crippen molar-refractivity contribution in [3.8, 4) is 63.2 Å². The van der Waals surface area contributed by atoms with Gasteiger partial charge < -0.3 is 54.0 Å². The van der Waals surface area contributed by atoms with Gasteiger partial charge in [0.25, 0.3) is 0 Å². The summed E-state index contributed by atoms with van der Waals surface area (Å²) in [5.41, 5.74) is 4.65. The molecule has 7 aliphatic rings. The molecule has 396 valence electrons. The maximum Gasteiger partial charge on any atom is 0.149 e. The highest BCUT2D eigenvalue weighted by atomic mass is 16.5. The number of phenols is 3. The first-order chi connectivity index (χ1) is 36.5. The molecule has 9 atom stereocenters. The molecule has 2 bridgehead atoms. The number of phenolic OH excluding ortho intramolecular Hbond substituents is 3. The van der Waals surface area contributed by atoms with E-state index in [0.29, 0.717) is 92.0 Å². The smallest absolute Gasteiger partial charge is 0.149 e. The Morgan fingerprint density at radius 3 is 2.47 bits per heavy atom. The third kappa shape index (κ3) is 9.44. The van der Waals surface area contributed by atoms with Crippen LogP contribution in [0.1, 0.15) is 130 Å². The van der Waals surface area contributed by atoms with Gasteiger partial charge in [-0.3, -0.25) is 10.6 Å². The second kappa shape index (κ2) is 20.7. The summed E-state index contributed by atoms with van der Waals surface area (Å²) in [7, 11) is 1.70. The van der Waals surface area contributed by atoms with Crippen molar-refractivity contribution in [1.82, 2.24) is 10.6 Å². The predicted octanol–water partition coefficient (Wildman–Crippen LogP) is 9.83. The van der Waals surface area contributed by atoms with Crippen LogP contribution in [0.5, 0.6) is 40.2 Å². The Kier molecular flexibility index (Phi) is 13.8. The minimum absolute atomic E-state index is 0.0360. The van der Waals surface area contributed by atoms with Crippen molar-refractivity contribution in [2.75, 3.05) is 33.5 Å². The summed E-state index contributed by atoms with van der Waals surface area (Å²) in [5, 5.41) is 67.6. The molecular formula is C62H72N2O11. The Balaban J connectivity index is 1.01. The average Bonchev–Trinajstić information content (AvgIpc) is 4.12. The van der Waals surface area contributed by atoms with E-state index in [2.05, 4.69) is 22.5 Å². The first-order valence-corrected chi connectivity index (χ1v) is 27.7. The summed E-state index contributed by atoms with van der Waals surface area (Å²) in [5.74, 6) is 8.64. The Morgan fingerprint density at radius 2 is 1.65 bits per heavy atom. The number of aliphatic hydroxyl groups is 2. The lowest BCUT2D eigenvalue weighted by Gasteiger charge is -2.58. The fourth-order valence-electron chi connectivity index (χ4n) is 14.2. The molecule has 2 spiro atoms. The molecule has 5 aromatic carbocycles. The average molecular weight is 1020 g/mol. The molecule has 12 rings (SSSR count). The van der Waals surface area contributed by atoms with E-state index in [1.54, 1.807) is 31.4 Å². The number of aliphatic hydroxyl groups excluding tert-OH is 2. The summed E-state index contributed by atoms with van der Waals surface area (Å²) in [6.45, 7) is 3.44. The van der Waals surface area contributed by atoms with Gasteiger partial charge in [-0.25, -0.2) is 0 Å². The lowest BCUT2D eigenvalue weighted by molar-refractivity contribution is -0.181. The number of rotatable bonds is 11. The molecule has 9 unspecified atom stereocenters. The second-order valence-corrected chi connectivity index (χ2v) is 22.5. The molecule has 13 nitrogen and oxygen atoms in total. The number of nitrogens with one attached hydrogen (secondary N) is 2. The molecule has 1 saturated heterocycles. The van der Waals surface area contributed by atoms with E-state index in [9.17, 15) is 25.5 Å². The largest absolute Gasteiger partial charge is 0.508 e. The predicted molar refractivity (Wildman–Crippen MR) is 285 cm³/mol. The van der Waals surface area contributed by atoms with Crippen LogP contribution < -0.4 is 29.6 Å². The van der Waals surface area contributed by atoms with Crippen LogP contribution in [0.4, 0.5) is 0 Å². The molecule has 13 heteroatoms. The van der Waals surface area contributed by atoms with Gasteiger partial charge in [0, 0.05) is 72.4 Å². The lowest BCUT2D eigenvalue weighted by Crippen LogP contribution is -2.77. The van der Waals surface area contributed by atoms with Crippen LogP contribution >= 0.6 is 0 Å². The monoisotopic (exact) mass is 1020 g/mol. The number of aryl methyl sites for hydroxylation is 1. The van der Waals surface area contributed by atoms with Crippen molar-refractivity contribution < 1.29 is 54.0 Å². The van der Waals surface area contributed by atoms with E-state index in [0.717, 1.165) is 90.1 Å². The molecule has 75 heavy (non-hydrogen) atoms. The fourth-order valence-corrected chi connectivity index (χ4v) is 14.2. The summed E-state index contributed by atoms with van der Waals surface area (Å²) in [4.78, 5) is 0. The quantitative estimate of drug-likeness (QED) is 0.0491. The summed E-state index contributed by atoms with van der Waals surface area (Å²) >= 11 is 0. The number of methoxy groups -OCH3 is 1. The zero-order valence-electron chi connectivity index (χ0n) is 43.2. The molecule has 4 fully saturated rings. The number of fused-ring (bicyclic) bond motifs is 5. The van der Waals surface area contributed by atoms with Crippen LogP contribution in [0, 0.1) is 29.6 Å². The standard InChI is InChI=1S/C62H72N2O11/c1-3-36-28-47(37-11-8-13-41(65)26-37)38(29-52(36)68)25-39-27-45(73-44-14-4-5-15-44)32-49-57(69)51(35-72-58(39)49)56-53(16-10-23-70-2)74-59-46-18-17-42(66)30-48(46)54-33-50(59)60(56)75-55-31-43(67)19-22-62(55)40(12-9-24-71-54)34-63-61(64-62)20-6-7-21-61/h8,11,13,17-18,26-30,32-33,40,43-44,51,53,55-57,60,63-69H,3-7,10,14-16,19-25,31,34-35H2,1-2H3. The lowest BCUT2D eigenvalue weighted by atomic mass is 9.66. The third-order valence-electron chi connectivity index (χ3n) is 17.9. The fraction of sp³-hybridized carbons (Fsp3) is 0.516. The highest BCUT2D eigenvalue weighted by Crippen LogP contribution is 2.57. The minimum Gasteiger partial charge on any atom is -0.508 e. The molecule has 7 N–H and O–H groups in total. The van der Waals surface area contributed by atoms with Crippen LogP contribution in [0.3, 0.4) is 0 Å². The van der Waals surface area contributed by atoms with Crippen molar-refractivity contribution in [2.24, 2.45) is 17.8 Å². The van der Waals surface area contributed by atoms with Gasteiger partial charge in [0.05, 0.1) is 54.2 Å². The van der Waals surface area contributed by atoms with Crippen molar-refractivity contribution in [2.45, 2.75) is 151 Å². The third-order valence-corrected chi connectivity index (χ3v) is 17.9. The van der Waals surface area contributed by atoms with Crippen LogP contribution in [-0.4, -0.2) is 94.6 Å². The van der Waals surface area contributed by atoms with Gasteiger partial charge in [-0.15, -0.1) is 0 Å². The van der Waals surface area contributed by atoms with Gasteiger partial charge in [0.15, 0.2) is 0 Å². The number of hydrogen-bond acceptors (Lipinski definition) is 13. The maximum absolute atomic E-state index is 13.4. The van der Waals surface area contributed by atoms with Crippen LogP contribution in [0.2, 0.25) is 0 Å². The van der Waals surface area contributed by atoms with Crippen molar-refractivity contribution in [3.05, 3.63) is 101 Å². The first kappa shape index (κ1) is 50.1. The zero-order chi connectivity index (χ0) is 51.4. The zero-order valence-corrected chi connectivity index (χ0v) is 43.2. The Labute approximate surface area is 439 Å². The number of ether oxygens (including phenoxy) is 6. The van der Waals surface area contributed by atoms with Gasteiger partial charge in [0.2, 0.25) is 0 Å². The van der Waals surface area contributed by atoms with Crippen molar-refractivity contribution in [3.63, 3.8) is 0 Å². The van der Waals surface area contributed by atoms with E-state index in [1.165, 1.54) is 0 Å². The van der Waals surface area contributed by atoms with Gasteiger partial charge in [-0.05, 0) is 154 Å². The molecule has 0 aromatic heterocycles. The second-order valence-electron chi connectivity index (χ2n) is 22.5. The first-order valence-electron chi connectivity index (χ1n) is 27.7. The number of hydrogen-bond donors (Lipinski definition) is 7. The molecule has 3 saturated carbocycles. The van der Waals surface area contributed by atoms with Gasteiger partial charge in [-0.2, -0.15) is 0 Å². The highest BCUT2D eigenvalue weighted by molar-refractivity contribution is 5.96. The van der Waals surface area contributed by atoms with Crippen LogP contribution in [0.25, 0.3) is 21.9 Å². The normalized spacial score (nSPS) is 28.8. The molecule has 4 heterocycles. The van der Waals surface area contributed by atoms with E-state index in [-0.39, 0.29) is 48.1 Å². The Morgan fingerprint density at radius 1 is 0.813 bits per heavy atom. The van der Waals surface area contributed by atoms with Gasteiger partial charge in [0.1, 0.15) is 53.0 Å². The maximum atomic E-state index is 13.4. The summed E-state index contributed by atoms with van der Waals surface area (Å²) in [6, 6.07) is 22.2. The van der Waals surface area contributed by atoms with Crippen molar-refractivity contribution >= 4 is 10.8 Å². The van der Waals surface area contributed by atoms with E-state index in [4.69, 9.17) is 28.4 Å². The van der Waals surface area contributed by atoms with Crippen LogP contribution in [-0.2, 0) is 22.3 Å². The van der Waals surface area contributed by atoms with E-state index < -0.39 is 47.9 Å². The Bertz CT molecular complexity index is 2990. The highest BCUT2D eigenvalue weighted by Gasteiger charge is 2.59. The van der Waals surface area contributed by atoms with E-state index in [1.807, 2.05) is 55.5 Å². The Hall–Kier alpha value is -5.72.